The van der Waals surface area contributed by atoms with E-state index in [1.54, 1.807) is 18.2 Å². The molecule has 0 aliphatic heterocycles. The molecule has 2 aromatic carbocycles. The number of aryl methyl sites for hydroxylation is 1. The predicted molar refractivity (Wildman–Crippen MR) is 99.8 cm³/mol. The molecule has 3 aromatic rings. The highest BCUT2D eigenvalue weighted by Gasteiger charge is 2.08. The van der Waals surface area contributed by atoms with Crippen LogP contribution in [0.15, 0.2) is 60.9 Å². The second-order valence-corrected chi connectivity index (χ2v) is 5.89. The van der Waals surface area contributed by atoms with Crippen molar-refractivity contribution in [2.45, 2.75) is 13.3 Å². The summed E-state index contributed by atoms with van der Waals surface area (Å²) in [6.07, 6.45) is 3.44. The summed E-state index contributed by atoms with van der Waals surface area (Å²) in [7, 11) is 0. The summed E-state index contributed by atoms with van der Waals surface area (Å²) in [5, 5.41) is 5.83. The normalized spacial score (nSPS) is 10.4. The van der Waals surface area contributed by atoms with Gasteiger partial charge in [-0.05, 0) is 42.7 Å². The SMILES string of the molecule is Cc1cccc(NC(=O)c2cnc(NCCc3ccccc3F)nc2)c1. The first kappa shape index (κ1) is 17.5. The minimum absolute atomic E-state index is 0.224. The van der Waals surface area contributed by atoms with E-state index in [1.807, 2.05) is 31.2 Å². The molecule has 1 heterocycles. The second kappa shape index (κ2) is 8.20. The van der Waals surface area contributed by atoms with Crippen LogP contribution in [0.2, 0.25) is 0 Å². The molecule has 0 unspecified atom stereocenters. The Balaban J connectivity index is 1.54. The van der Waals surface area contributed by atoms with Crippen LogP contribution in [-0.2, 0) is 6.42 Å². The van der Waals surface area contributed by atoms with Gasteiger partial charge in [0.25, 0.3) is 5.91 Å². The zero-order chi connectivity index (χ0) is 18.4. The summed E-state index contributed by atoms with van der Waals surface area (Å²) in [4.78, 5) is 20.5. The lowest BCUT2D eigenvalue weighted by Crippen LogP contribution is -2.14. The molecule has 5 nitrogen and oxygen atoms in total. The Kier molecular flexibility index (Phi) is 5.53. The Morgan fingerprint density at radius 2 is 1.85 bits per heavy atom. The summed E-state index contributed by atoms with van der Waals surface area (Å²) >= 11 is 0. The zero-order valence-electron chi connectivity index (χ0n) is 14.4. The van der Waals surface area contributed by atoms with E-state index in [9.17, 15) is 9.18 Å². The van der Waals surface area contributed by atoms with E-state index in [2.05, 4.69) is 20.6 Å². The van der Waals surface area contributed by atoms with Crippen molar-refractivity contribution in [1.29, 1.82) is 0 Å². The van der Waals surface area contributed by atoms with Crippen LogP contribution in [0.3, 0.4) is 0 Å². The van der Waals surface area contributed by atoms with Crippen molar-refractivity contribution in [3.63, 3.8) is 0 Å². The molecule has 26 heavy (non-hydrogen) atoms. The number of halogens is 1. The molecule has 0 radical (unpaired) electrons. The molecule has 6 heteroatoms. The van der Waals surface area contributed by atoms with Gasteiger partial charge in [0.05, 0.1) is 5.56 Å². The monoisotopic (exact) mass is 350 g/mol. The third kappa shape index (κ3) is 4.63. The molecule has 1 aromatic heterocycles. The van der Waals surface area contributed by atoms with Crippen LogP contribution in [0.25, 0.3) is 0 Å². The third-order valence-corrected chi connectivity index (χ3v) is 3.83. The standard InChI is InChI=1S/C20H19FN4O/c1-14-5-4-7-17(11-14)25-19(26)16-12-23-20(24-13-16)22-10-9-15-6-2-3-8-18(15)21/h2-8,11-13H,9-10H2,1H3,(H,25,26)(H,22,23,24). The largest absolute Gasteiger partial charge is 0.354 e. The molecule has 2 N–H and O–H groups in total. The van der Waals surface area contributed by atoms with E-state index in [0.717, 1.165) is 11.3 Å². The van der Waals surface area contributed by atoms with E-state index < -0.39 is 0 Å². The van der Waals surface area contributed by atoms with Crippen molar-refractivity contribution < 1.29 is 9.18 Å². The molecule has 132 valence electrons. The van der Waals surface area contributed by atoms with Gasteiger partial charge in [-0.3, -0.25) is 4.79 Å². The summed E-state index contributed by atoms with van der Waals surface area (Å²) in [6, 6.07) is 14.2. The Hall–Kier alpha value is -3.28. The first-order valence-electron chi connectivity index (χ1n) is 8.29. The maximum absolute atomic E-state index is 13.6. The number of amides is 1. The summed E-state index contributed by atoms with van der Waals surface area (Å²) < 4.78 is 13.6. The van der Waals surface area contributed by atoms with Crippen LogP contribution in [-0.4, -0.2) is 22.4 Å². The van der Waals surface area contributed by atoms with Gasteiger partial charge in [0, 0.05) is 24.6 Å². The summed E-state index contributed by atoms with van der Waals surface area (Å²) in [6.45, 7) is 2.45. The maximum atomic E-state index is 13.6. The van der Waals surface area contributed by atoms with Crippen molar-refractivity contribution in [3.05, 3.63) is 83.4 Å². The molecule has 0 spiro atoms. The van der Waals surface area contributed by atoms with Gasteiger partial charge in [-0.1, -0.05) is 30.3 Å². The molecule has 0 aliphatic rings. The second-order valence-electron chi connectivity index (χ2n) is 5.89. The molecular formula is C20H19FN4O. The number of hydrogen-bond acceptors (Lipinski definition) is 4. The lowest BCUT2D eigenvalue weighted by molar-refractivity contribution is 0.102. The number of hydrogen-bond donors (Lipinski definition) is 2. The van der Waals surface area contributed by atoms with Gasteiger partial charge in [0.15, 0.2) is 0 Å². The first-order chi connectivity index (χ1) is 12.6. The minimum atomic E-state index is -0.270. The number of anilines is 2. The fourth-order valence-corrected chi connectivity index (χ4v) is 2.47. The Morgan fingerprint density at radius 3 is 2.58 bits per heavy atom. The molecule has 0 atom stereocenters. The molecule has 0 fully saturated rings. The fourth-order valence-electron chi connectivity index (χ4n) is 2.47. The molecule has 0 bridgehead atoms. The molecule has 0 aliphatic carbocycles. The van der Waals surface area contributed by atoms with Crippen LogP contribution in [0, 0.1) is 12.7 Å². The molecule has 0 saturated carbocycles. The number of rotatable bonds is 6. The van der Waals surface area contributed by atoms with Gasteiger partial charge in [0.2, 0.25) is 5.95 Å². The quantitative estimate of drug-likeness (QED) is 0.709. The number of carbonyl (C=O) groups excluding carboxylic acids is 1. The Morgan fingerprint density at radius 1 is 1.08 bits per heavy atom. The molecule has 3 rings (SSSR count). The van der Waals surface area contributed by atoms with Crippen LogP contribution >= 0.6 is 0 Å². The molecule has 1 amide bonds. The Bertz CT molecular complexity index is 896. The van der Waals surface area contributed by atoms with E-state index >= 15 is 0 Å². The minimum Gasteiger partial charge on any atom is -0.354 e. The van der Waals surface area contributed by atoms with Gasteiger partial charge in [-0.25, -0.2) is 14.4 Å². The first-order valence-corrected chi connectivity index (χ1v) is 8.29. The zero-order valence-corrected chi connectivity index (χ0v) is 14.4. The van der Waals surface area contributed by atoms with Crippen LogP contribution in [0.5, 0.6) is 0 Å². The average Bonchev–Trinajstić information content (AvgIpc) is 2.64. The van der Waals surface area contributed by atoms with Crippen molar-refractivity contribution in [3.8, 4) is 0 Å². The maximum Gasteiger partial charge on any atom is 0.258 e. The number of nitrogens with one attached hydrogen (secondary N) is 2. The van der Waals surface area contributed by atoms with Crippen LogP contribution < -0.4 is 10.6 Å². The number of benzene rings is 2. The lowest BCUT2D eigenvalue weighted by Gasteiger charge is -2.07. The van der Waals surface area contributed by atoms with Gasteiger partial charge >= 0.3 is 0 Å². The van der Waals surface area contributed by atoms with E-state index in [0.29, 0.717) is 30.0 Å². The molecular weight excluding hydrogens is 331 g/mol. The van der Waals surface area contributed by atoms with Gasteiger partial charge < -0.3 is 10.6 Å². The van der Waals surface area contributed by atoms with Crippen molar-refractivity contribution in [2.24, 2.45) is 0 Å². The van der Waals surface area contributed by atoms with Gasteiger partial charge in [0.1, 0.15) is 5.82 Å². The number of carbonyl (C=O) groups is 1. The van der Waals surface area contributed by atoms with Crippen molar-refractivity contribution in [2.75, 3.05) is 17.2 Å². The third-order valence-electron chi connectivity index (χ3n) is 3.83. The average molecular weight is 350 g/mol. The highest BCUT2D eigenvalue weighted by Crippen LogP contribution is 2.12. The smallest absolute Gasteiger partial charge is 0.258 e. The van der Waals surface area contributed by atoms with E-state index in [1.165, 1.54) is 18.5 Å². The van der Waals surface area contributed by atoms with E-state index in [-0.39, 0.29) is 11.7 Å². The highest BCUT2D eigenvalue weighted by atomic mass is 19.1. The highest BCUT2D eigenvalue weighted by molar-refractivity contribution is 6.03. The summed E-state index contributed by atoms with van der Waals surface area (Å²) in [5.74, 6) is -0.0969. The molecule has 0 saturated heterocycles. The Labute approximate surface area is 151 Å². The van der Waals surface area contributed by atoms with Crippen LogP contribution in [0.4, 0.5) is 16.0 Å². The fraction of sp³-hybridized carbons (Fsp3) is 0.150. The van der Waals surface area contributed by atoms with E-state index in [4.69, 9.17) is 0 Å². The van der Waals surface area contributed by atoms with Crippen LogP contribution in [0.1, 0.15) is 21.5 Å². The summed E-state index contributed by atoms with van der Waals surface area (Å²) in [5.41, 5.74) is 2.79. The number of nitrogens with zero attached hydrogens (tertiary/aromatic N) is 2. The topological polar surface area (TPSA) is 66.9 Å². The number of aromatic nitrogens is 2. The van der Waals surface area contributed by atoms with Crippen molar-refractivity contribution in [1.82, 2.24) is 9.97 Å². The van der Waals surface area contributed by atoms with Gasteiger partial charge in [-0.2, -0.15) is 0 Å². The predicted octanol–water partition coefficient (Wildman–Crippen LogP) is 3.83. The van der Waals surface area contributed by atoms with Crippen molar-refractivity contribution >= 4 is 17.5 Å². The lowest BCUT2D eigenvalue weighted by atomic mass is 10.1. The van der Waals surface area contributed by atoms with Gasteiger partial charge in [-0.15, -0.1) is 0 Å².